The zero-order chi connectivity index (χ0) is 17.3. The summed E-state index contributed by atoms with van der Waals surface area (Å²) in [6.45, 7) is 8.28. The molecule has 2 atom stereocenters. The molecule has 2 amide bonds. The Balaban J connectivity index is 1.64. The number of amides is 2. The van der Waals surface area contributed by atoms with Gasteiger partial charge < -0.3 is 9.80 Å². The van der Waals surface area contributed by atoms with Crippen LogP contribution in [0.1, 0.15) is 72.1 Å². The topological polar surface area (TPSA) is 40.6 Å². The van der Waals surface area contributed by atoms with Gasteiger partial charge in [0.1, 0.15) is 0 Å². The molecular formula is C20H34N2O2. The molecule has 1 aliphatic carbocycles. The van der Waals surface area contributed by atoms with Crippen molar-refractivity contribution in [2.75, 3.05) is 19.6 Å². The maximum atomic E-state index is 13.2. The van der Waals surface area contributed by atoms with Crippen molar-refractivity contribution >= 4 is 11.8 Å². The van der Waals surface area contributed by atoms with Gasteiger partial charge in [0.15, 0.2) is 0 Å². The molecule has 4 nitrogen and oxygen atoms in total. The quantitative estimate of drug-likeness (QED) is 0.776. The monoisotopic (exact) mass is 334 g/mol. The van der Waals surface area contributed by atoms with E-state index < -0.39 is 0 Å². The molecule has 136 valence electrons. The van der Waals surface area contributed by atoms with Gasteiger partial charge in [-0.05, 0) is 44.4 Å². The first kappa shape index (κ1) is 17.8. The van der Waals surface area contributed by atoms with Gasteiger partial charge in [-0.3, -0.25) is 9.59 Å². The van der Waals surface area contributed by atoms with Gasteiger partial charge in [0, 0.05) is 31.1 Å². The number of carbonyl (C=O) groups excluding carboxylic acids is 2. The number of carbonyl (C=O) groups is 2. The van der Waals surface area contributed by atoms with E-state index in [0.29, 0.717) is 18.5 Å². The fourth-order valence-corrected chi connectivity index (χ4v) is 4.97. The molecule has 3 fully saturated rings. The van der Waals surface area contributed by atoms with Crippen LogP contribution in [0.3, 0.4) is 0 Å². The van der Waals surface area contributed by atoms with E-state index in [1.807, 2.05) is 25.7 Å². The van der Waals surface area contributed by atoms with Gasteiger partial charge in [-0.25, -0.2) is 0 Å². The van der Waals surface area contributed by atoms with Gasteiger partial charge in [-0.15, -0.1) is 0 Å². The minimum atomic E-state index is -0.356. The molecule has 0 aromatic carbocycles. The van der Waals surface area contributed by atoms with Gasteiger partial charge >= 0.3 is 0 Å². The Kier molecular flexibility index (Phi) is 5.22. The van der Waals surface area contributed by atoms with Crippen LogP contribution in [0.5, 0.6) is 0 Å². The molecule has 3 aliphatic rings. The molecule has 0 aromatic heterocycles. The third-order valence-electron chi connectivity index (χ3n) is 6.23. The average molecular weight is 335 g/mol. The predicted molar refractivity (Wildman–Crippen MR) is 95.5 cm³/mol. The third-order valence-corrected chi connectivity index (χ3v) is 6.23. The van der Waals surface area contributed by atoms with Gasteiger partial charge in [0.25, 0.3) is 0 Å². The Morgan fingerprint density at radius 1 is 0.875 bits per heavy atom. The van der Waals surface area contributed by atoms with Gasteiger partial charge in [-0.1, -0.05) is 33.6 Å². The summed E-state index contributed by atoms with van der Waals surface area (Å²) in [4.78, 5) is 29.9. The smallest absolute Gasteiger partial charge is 0.227 e. The highest BCUT2D eigenvalue weighted by Crippen LogP contribution is 2.36. The summed E-state index contributed by atoms with van der Waals surface area (Å²) in [5.41, 5.74) is -0.356. The Morgan fingerprint density at radius 2 is 1.54 bits per heavy atom. The van der Waals surface area contributed by atoms with Crippen molar-refractivity contribution in [1.82, 2.24) is 9.80 Å². The van der Waals surface area contributed by atoms with E-state index in [4.69, 9.17) is 0 Å². The van der Waals surface area contributed by atoms with Crippen LogP contribution in [0.2, 0.25) is 0 Å². The maximum Gasteiger partial charge on any atom is 0.227 e. The first-order valence-electron chi connectivity index (χ1n) is 9.98. The lowest BCUT2D eigenvalue weighted by Crippen LogP contribution is -2.51. The van der Waals surface area contributed by atoms with Crippen LogP contribution >= 0.6 is 0 Å². The summed E-state index contributed by atoms with van der Waals surface area (Å²) in [5.74, 6) is 1.27. The van der Waals surface area contributed by atoms with Crippen LogP contribution in [-0.2, 0) is 9.59 Å². The molecule has 0 aromatic rings. The minimum Gasteiger partial charge on any atom is -0.341 e. The zero-order valence-electron chi connectivity index (χ0n) is 15.7. The molecule has 2 saturated heterocycles. The van der Waals surface area contributed by atoms with Crippen molar-refractivity contribution in [2.24, 2.45) is 17.3 Å². The van der Waals surface area contributed by atoms with Crippen molar-refractivity contribution in [3.05, 3.63) is 0 Å². The summed E-state index contributed by atoms with van der Waals surface area (Å²) in [6.07, 6.45) is 9.52. The molecule has 0 spiro atoms. The van der Waals surface area contributed by atoms with Crippen LogP contribution in [-0.4, -0.2) is 47.3 Å². The van der Waals surface area contributed by atoms with Crippen LogP contribution in [0.15, 0.2) is 0 Å². The van der Waals surface area contributed by atoms with E-state index in [2.05, 4.69) is 4.90 Å². The Labute approximate surface area is 146 Å². The van der Waals surface area contributed by atoms with Crippen LogP contribution in [0.25, 0.3) is 0 Å². The lowest BCUT2D eigenvalue weighted by atomic mass is 9.90. The molecule has 24 heavy (non-hydrogen) atoms. The molecule has 0 unspecified atom stereocenters. The Bertz CT molecular complexity index is 477. The van der Waals surface area contributed by atoms with Crippen molar-refractivity contribution in [3.8, 4) is 0 Å². The molecule has 3 rings (SSSR count). The van der Waals surface area contributed by atoms with Crippen molar-refractivity contribution in [1.29, 1.82) is 0 Å². The summed E-state index contributed by atoms with van der Waals surface area (Å²) < 4.78 is 0. The summed E-state index contributed by atoms with van der Waals surface area (Å²) in [7, 11) is 0. The fraction of sp³-hybridized carbons (Fsp3) is 0.900. The van der Waals surface area contributed by atoms with Crippen LogP contribution < -0.4 is 0 Å². The van der Waals surface area contributed by atoms with Crippen molar-refractivity contribution in [2.45, 2.75) is 78.2 Å². The Morgan fingerprint density at radius 3 is 2.21 bits per heavy atom. The molecule has 0 bridgehead atoms. The van der Waals surface area contributed by atoms with E-state index in [-0.39, 0.29) is 17.2 Å². The van der Waals surface area contributed by atoms with Gasteiger partial charge in [-0.2, -0.15) is 0 Å². The summed E-state index contributed by atoms with van der Waals surface area (Å²) in [6, 6.07) is 0.480. The normalized spacial score (nSPS) is 29.3. The number of nitrogens with zero attached hydrogens (tertiary/aromatic N) is 2. The largest absolute Gasteiger partial charge is 0.341 e. The lowest BCUT2D eigenvalue weighted by Gasteiger charge is -2.39. The number of likely N-dealkylation sites (tertiary alicyclic amines) is 2. The molecular weight excluding hydrogens is 300 g/mol. The zero-order valence-corrected chi connectivity index (χ0v) is 15.7. The first-order valence-corrected chi connectivity index (χ1v) is 9.98. The van der Waals surface area contributed by atoms with Crippen LogP contribution in [0.4, 0.5) is 0 Å². The number of piperidine rings is 1. The highest BCUT2D eigenvalue weighted by atomic mass is 16.2. The minimum absolute atomic E-state index is 0.0204. The van der Waals surface area contributed by atoms with E-state index in [0.717, 1.165) is 38.3 Å². The van der Waals surface area contributed by atoms with E-state index in [9.17, 15) is 9.59 Å². The van der Waals surface area contributed by atoms with Crippen LogP contribution in [0, 0.1) is 17.3 Å². The molecule has 1 saturated carbocycles. The molecule has 0 radical (unpaired) electrons. The van der Waals surface area contributed by atoms with Gasteiger partial charge in [0.05, 0.1) is 5.92 Å². The SMILES string of the molecule is CC(C)(C)C(=O)N1CCC[C@H](C(=O)N2CCC[C@H]2C2CCCC2)C1. The third kappa shape index (κ3) is 3.62. The predicted octanol–water partition coefficient (Wildman–Crippen LogP) is 3.45. The number of hydrogen-bond donors (Lipinski definition) is 0. The number of rotatable bonds is 2. The number of hydrogen-bond acceptors (Lipinski definition) is 2. The van der Waals surface area contributed by atoms with Crippen molar-refractivity contribution in [3.63, 3.8) is 0 Å². The molecule has 4 heteroatoms. The fourth-order valence-electron chi connectivity index (χ4n) is 4.97. The summed E-state index contributed by atoms with van der Waals surface area (Å²) in [5, 5.41) is 0. The van der Waals surface area contributed by atoms with Crippen molar-refractivity contribution < 1.29 is 9.59 Å². The highest BCUT2D eigenvalue weighted by molar-refractivity contribution is 5.84. The molecule has 0 N–H and O–H groups in total. The maximum absolute atomic E-state index is 13.2. The average Bonchev–Trinajstić information content (AvgIpc) is 3.23. The van der Waals surface area contributed by atoms with E-state index >= 15 is 0 Å². The van der Waals surface area contributed by atoms with Gasteiger partial charge in [0.2, 0.25) is 11.8 Å². The summed E-state index contributed by atoms with van der Waals surface area (Å²) >= 11 is 0. The lowest BCUT2D eigenvalue weighted by molar-refractivity contribution is -0.146. The second-order valence-electron chi connectivity index (χ2n) is 9.13. The second kappa shape index (κ2) is 7.05. The molecule has 2 heterocycles. The first-order chi connectivity index (χ1) is 11.4. The van der Waals surface area contributed by atoms with E-state index in [1.165, 1.54) is 32.1 Å². The van der Waals surface area contributed by atoms with E-state index in [1.54, 1.807) is 0 Å². The highest BCUT2D eigenvalue weighted by Gasteiger charge is 2.40. The Hall–Kier alpha value is -1.06. The second-order valence-corrected chi connectivity index (χ2v) is 9.13. The standard InChI is InChI=1S/C20H34N2O2/c1-20(2,3)19(24)21-12-6-10-16(14-21)18(23)22-13-7-11-17(22)15-8-4-5-9-15/h15-17H,4-14H2,1-3H3/t16-,17-/m0/s1. The molecule has 2 aliphatic heterocycles.